The molecule has 570 valence electrons. The van der Waals surface area contributed by atoms with E-state index in [1.54, 1.807) is 6.08 Å². The number of hydrogen-bond acceptors (Lipinski definition) is 18. The van der Waals surface area contributed by atoms with Crippen LogP contribution in [0.4, 0.5) is 0 Å². The standard InChI is InChI=1S/C79H141NO18/c1-3-5-7-9-11-13-15-17-19-21-23-25-27-28-29-30-31-32-33-35-36-38-40-42-44-46-48-50-52-54-56-63(84)62(80-67(85)57-55-53-51-49-47-45-43-41-39-37-34-26-24-22-20-18-16-14-12-10-8-6-4-2)61-93-77-73(91)70(88)75(65(59-82)95-77)98-79-74(92)71(89)76(66(60-83)96-79)97-78-72(90)69(87)68(86)64(58-81)94-78/h6,8,12,14,18,20,24,26,46,48,54,56,62-66,68-79,81-84,86-92H,3-5,7,9-11,13,15-17,19,21-23,25,27-45,47,49-53,55,57-61H2,1-2H3,(H,80,85)/b8-6-,14-12-,20-18-,26-24-,48-46+,56-54+. The van der Waals surface area contributed by atoms with Crippen molar-refractivity contribution in [1.29, 1.82) is 0 Å². The molecule has 3 heterocycles. The van der Waals surface area contributed by atoms with E-state index in [1.807, 2.05) is 6.08 Å². The molecule has 0 bridgehead atoms. The molecule has 19 nitrogen and oxygen atoms in total. The first-order valence-corrected chi connectivity index (χ1v) is 39.2. The van der Waals surface area contributed by atoms with Gasteiger partial charge in [0.15, 0.2) is 18.9 Å². The molecule has 12 N–H and O–H groups in total. The van der Waals surface area contributed by atoms with Crippen molar-refractivity contribution in [3.05, 3.63) is 72.9 Å². The van der Waals surface area contributed by atoms with Gasteiger partial charge < -0.3 is 89.9 Å². The Kier molecular flexibility index (Phi) is 54.4. The molecule has 0 saturated carbocycles. The molecule has 0 radical (unpaired) electrons. The second-order valence-corrected chi connectivity index (χ2v) is 27.8. The number of aliphatic hydroxyl groups is 11. The first kappa shape index (κ1) is 89.4. The predicted molar refractivity (Wildman–Crippen MR) is 388 cm³/mol. The Morgan fingerprint density at radius 3 is 1.14 bits per heavy atom. The first-order chi connectivity index (χ1) is 47.8. The van der Waals surface area contributed by atoms with Crippen LogP contribution in [0.25, 0.3) is 0 Å². The molecule has 0 aromatic rings. The number of allylic oxidation sites excluding steroid dienone is 11. The molecule has 0 spiro atoms. The van der Waals surface area contributed by atoms with Crippen LogP contribution in [0.5, 0.6) is 0 Å². The van der Waals surface area contributed by atoms with E-state index in [1.165, 1.54) is 180 Å². The van der Waals surface area contributed by atoms with Gasteiger partial charge in [-0.15, -0.1) is 0 Å². The minimum atomic E-state index is -1.98. The van der Waals surface area contributed by atoms with Gasteiger partial charge in [-0.3, -0.25) is 4.79 Å². The van der Waals surface area contributed by atoms with Crippen LogP contribution in [-0.4, -0.2) is 193 Å². The number of hydrogen-bond donors (Lipinski definition) is 12. The van der Waals surface area contributed by atoms with Crippen molar-refractivity contribution < 1.29 is 89.4 Å². The second kappa shape index (κ2) is 59.6. The third-order valence-electron chi connectivity index (χ3n) is 19.2. The molecule has 3 aliphatic rings. The molecule has 17 unspecified atom stereocenters. The van der Waals surface area contributed by atoms with E-state index in [9.17, 15) is 61.0 Å². The summed E-state index contributed by atoms with van der Waals surface area (Å²) < 4.78 is 34.4. The van der Waals surface area contributed by atoms with Gasteiger partial charge in [0.05, 0.1) is 38.6 Å². The van der Waals surface area contributed by atoms with Crippen LogP contribution in [0.1, 0.15) is 290 Å². The van der Waals surface area contributed by atoms with Crippen molar-refractivity contribution in [2.75, 3.05) is 26.4 Å². The summed E-state index contributed by atoms with van der Waals surface area (Å²) in [7, 11) is 0. The van der Waals surface area contributed by atoms with E-state index in [2.05, 4.69) is 79.9 Å². The number of carbonyl (C=O) groups is 1. The van der Waals surface area contributed by atoms with Crippen LogP contribution in [0.2, 0.25) is 0 Å². The lowest BCUT2D eigenvalue weighted by molar-refractivity contribution is -0.379. The fourth-order valence-electron chi connectivity index (χ4n) is 13.0. The van der Waals surface area contributed by atoms with E-state index in [-0.39, 0.29) is 18.9 Å². The van der Waals surface area contributed by atoms with Crippen molar-refractivity contribution in [1.82, 2.24) is 5.32 Å². The van der Waals surface area contributed by atoms with Gasteiger partial charge >= 0.3 is 0 Å². The zero-order chi connectivity index (χ0) is 71.1. The monoisotopic (exact) mass is 1390 g/mol. The topological polar surface area (TPSA) is 307 Å². The molecule has 0 aromatic carbocycles. The van der Waals surface area contributed by atoms with Crippen molar-refractivity contribution in [2.24, 2.45) is 0 Å². The lowest BCUT2D eigenvalue weighted by Gasteiger charge is -2.48. The Balaban J connectivity index is 1.40. The Morgan fingerprint density at radius 2 is 0.714 bits per heavy atom. The minimum absolute atomic E-state index is 0.227. The molecule has 3 aliphatic heterocycles. The highest BCUT2D eigenvalue weighted by atomic mass is 16.8. The SMILES string of the molecule is CC/C=C\C/C=C\C/C=C\C/C=C\CCCCCCCCCCCCC(=O)NC(COC1OC(CO)C(OC2OC(CO)C(OC3OC(CO)C(O)C(O)C3O)C(O)C2O)C(O)C1O)C(O)/C=C/CC/C=C/CCCCCCCCCCCCCCCCCCCCCCCCCC. The van der Waals surface area contributed by atoms with E-state index in [0.29, 0.717) is 12.8 Å². The van der Waals surface area contributed by atoms with Crippen LogP contribution in [0, 0.1) is 0 Å². The Labute approximate surface area is 591 Å². The predicted octanol–water partition coefficient (Wildman–Crippen LogP) is 12.4. The molecule has 17 atom stereocenters. The molecule has 19 heteroatoms. The number of nitrogens with one attached hydrogen (secondary N) is 1. The normalized spacial score (nSPS) is 27.1. The summed E-state index contributed by atoms with van der Waals surface area (Å²) in [6, 6.07) is -0.998. The minimum Gasteiger partial charge on any atom is -0.394 e. The quantitative estimate of drug-likeness (QED) is 0.0199. The number of amides is 1. The highest BCUT2D eigenvalue weighted by molar-refractivity contribution is 5.76. The van der Waals surface area contributed by atoms with Gasteiger partial charge in [-0.2, -0.15) is 0 Å². The number of carbonyl (C=O) groups excluding carboxylic acids is 1. The number of aliphatic hydroxyl groups excluding tert-OH is 11. The first-order valence-electron chi connectivity index (χ1n) is 39.2. The summed E-state index contributed by atoms with van der Waals surface area (Å²) in [5.74, 6) is -0.290. The lowest BCUT2D eigenvalue weighted by atomic mass is 9.96. The average Bonchev–Trinajstić information content (AvgIpc) is 0.785. The zero-order valence-electron chi connectivity index (χ0n) is 60.8. The maximum absolute atomic E-state index is 13.5. The lowest BCUT2D eigenvalue weighted by Crippen LogP contribution is -2.66. The summed E-state index contributed by atoms with van der Waals surface area (Å²) in [5.41, 5.74) is 0. The van der Waals surface area contributed by atoms with Gasteiger partial charge in [0.25, 0.3) is 0 Å². The van der Waals surface area contributed by atoms with Gasteiger partial charge in [-0.05, 0) is 70.6 Å². The molecule has 0 aliphatic carbocycles. The van der Waals surface area contributed by atoms with E-state index < -0.39 is 124 Å². The fourth-order valence-corrected chi connectivity index (χ4v) is 13.0. The third-order valence-corrected chi connectivity index (χ3v) is 19.2. The summed E-state index contributed by atoms with van der Waals surface area (Å²) >= 11 is 0. The molecule has 0 aromatic heterocycles. The Hall–Kier alpha value is -2.77. The number of unbranched alkanes of at least 4 members (excludes halogenated alkanes) is 35. The van der Waals surface area contributed by atoms with Gasteiger partial charge in [-0.1, -0.05) is 286 Å². The molecular formula is C79H141NO18. The summed E-state index contributed by atoms with van der Waals surface area (Å²) in [5, 5.41) is 121. The smallest absolute Gasteiger partial charge is 0.220 e. The number of rotatable bonds is 61. The van der Waals surface area contributed by atoms with Crippen LogP contribution in [0.15, 0.2) is 72.9 Å². The van der Waals surface area contributed by atoms with E-state index in [4.69, 9.17) is 28.4 Å². The van der Waals surface area contributed by atoms with Crippen LogP contribution < -0.4 is 5.32 Å². The molecule has 1 amide bonds. The molecule has 3 fully saturated rings. The molecule has 3 rings (SSSR count). The highest BCUT2D eigenvalue weighted by Gasteiger charge is 2.53. The number of ether oxygens (including phenoxy) is 6. The van der Waals surface area contributed by atoms with E-state index in [0.717, 1.165) is 77.0 Å². The summed E-state index contributed by atoms with van der Waals surface area (Å²) in [6.45, 7) is 1.63. The van der Waals surface area contributed by atoms with Crippen molar-refractivity contribution in [3.63, 3.8) is 0 Å². The van der Waals surface area contributed by atoms with Crippen molar-refractivity contribution in [2.45, 2.75) is 394 Å². The highest BCUT2D eigenvalue weighted by Crippen LogP contribution is 2.33. The zero-order valence-corrected chi connectivity index (χ0v) is 60.8. The van der Waals surface area contributed by atoms with Gasteiger partial charge in [-0.25, -0.2) is 0 Å². The maximum Gasteiger partial charge on any atom is 0.220 e. The van der Waals surface area contributed by atoms with Gasteiger partial charge in [0.2, 0.25) is 5.91 Å². The Bertz CT molecular complexity index is 2050. The van der Waals surface area contributed by atoms with Crippen LogP contribution in [-0.2, 0) is 33.2 Å². The fraction of sp³-hybridized carbons (Fsp3) is 0.835. The van der Waals surface area contributed by atoms with Gasteiger partial charge in [0.1, 0.15) is 73.2 Å². The second-order valence-electron chi connectivity index (χ2n) is 27.8. The molecular weight excluding hydrogens is 1250 g/mol. The van der Waals surface area contributed by atoms with Gasteiger partial charge in [0, 0.05) is 6.42 Å². The maximum atomic E-state index is 13.5. The van der Waals surface area contributed by atoms with Crippen molar-refractivity contribution >= 4 is 5.91 Å². The molecule has 98 heavy (non-hydrogen) atoms. The van der Waals surface area contributed by atoms with Crippen LogP contribution in [0.3, 0.4) is 0 Å². The Morgan fingerprint density at radius 1 is 0.378 bits per heavy atom. The van der Waals surface area contributed by atoms with Crippen molar-refractivity contribution in [3.8, 4) is 0 Å². The molecule has 3 saturated heterocycles. The average molecular weight is 1390 g/mol. The third kappa shape index (κ3) is 39.8. The summed E-state index contributed by atoms with van der Waals surface area (Å²) in [4.78, 5) is 13.5. The largest absolute Gasteiger partial charge is 0.394 e. The van der Waals surface area contributed by atoms with E-state index >= 15 is 0 Å². The summed E-state index contributed by atoms with van der Waals surface area (Å²) in [6.07, 6.45) is 50.3. The van der Waals surface area contributed by atoms with Crippen LogP contribution >= 0.6 is 0 Å².